The first-order valence-corrected chi connectivity index (χ1v) is 6.18. The van der Waals surface area contributed by atoms with Crippen LogP contribution in [0.3, 0.4) is 0 Å². The molecule has 0 fully saturated rings. The second kappa shape index (κ2) is 7.28. The van der Waals surface area contributed by atoms with E-state index in [1.165, 1.54) is 38.5 Å². The summed E-state index contributed by atoms with van der Waals surface area (Å²) in [7, 11) is 0. The van der Waals surface area contributed by atoms with Gasteiger partial charge in [0.1, 0.15) is 0 Å². The van der Waals surface area contributed by atoms with Crippen LogP contribution in [0, 0.1) is 11.3 Å². The zero-order valence-corrected chi connectivity index (χ0v) is 10.6. The van der Waals surface area contributed by atoms with E-state index in [1.54, 1.807) is 0 Å². The molecule has 0 aliphatic heterocycles. The molecule has 0 aromatic carbocycles. The molecular weight excluding hydrogens is 170 g/mol. The van der Waals surface area contributed by atoms with Crippen molar-refractivity contribution in [3.63, 3.8) is 0 Å². The molecular formula is C13H29N. The van der Waals surface area contributed by atoms with Crippen LogP contribution >= 0.6 is 0 Å². The van der Waals surface area contributed by atoms with Gasteiger partial charge >= 0.3 is 0 Å². The van der Waals surface area contributed by atoms with Crippen LogP contribution in [0.15, 0.2) is 0 Å². The van der Waals surface area contributed by atoms with Crippen molar-refractivity contribution in [1.29, 1.82) is 0 Å². The second-order valence-corrected chi connectivity index (χ2v) is 5.61. The van der Waals surface area contributed by atoms with Gasteiger partial charge in [0.15, 0.2) is 0 Å². The Kier molecular flexibility index (Phi) is 7.26. The van der Waals surface area contributed by atoms with Gasteiger partial charge in [-0.1, -0.05) is 59.8 Å². The predicted molar refractivity (Wildman–Crippen MR) is 65.4 cm³/mol. The van der Waals surface area contributed by atoms with Gasteiger partial charge in [-0.2, -0.15) is 0 Å². The van der Waals surface area contributed by atoms with Crippen molar-refractivity contribution < 1.29 is 0 Å². The molecule has 0 heterocycles. The van der Waals surface area contributed by atoms with E-state index in [4.69, 9.17) is 5.73 Å². The Bertz CT molecular complexity index is 124. The van der Waals surface area contributed by atoms with Gasteiger partial charge in [-0.15, -0.1) is 0 Å². The molecule has 0 radical (unpaired) electrons. The molecule has 0 aromatic heterocycles. The number of rotatable bonds is 7. The summed E-state index contributed by atoms with van der Waals surface area (Å²) in [6.45, 7) is 10.3. The minimum Gasteiger partial charge on any atom is -0.330 e. The summed E-state index contributed by atoms with van der Waals surface area (Å²) in [6.07, 6.45) is 8.05. The molecule has 14 heavy (non-hydrogen) atoms. The van der Waals surface area contributed by atoms with E-state index in [2.05, 4.69) is 27.7 Å². The fourth-order valence-electron chi connectivity index (χ4n) is 1.56. The van der Waals surface area contributed by atoms with Gasteiger partial charge < -0.3 is 5.73 Å². The van der Waals surface area contributed by atoms with Crippen LogP contribution in [0.1, 0.15) is 66.2 Å². The third-order valence-electron chi connectivity index (χ3n) is 3.32. The molecule has 0 unspecified atom stereocenters. The highest BCUT2D eigenvalue weighted by Crippen LogP contribution is 2.29. The van der Waals surface area contributed by atoms with Gasteiger partial charge in [0.2, 0.25) is 0 Å². The Balaban J connectivity index is 3.28. The molecule has 0 aliphatic rings. The number of hydrogen-bond donors (Lipinski definition) is 1. The van der Waals surface area contributed by atoms with Gasteiger partial charge in [-0.25, -0.2) is 0 Å². The van der Waals surface area contributed by atoms with Crippen LogP contribution in [-0.4, -0.2) is 6.54 Å². The largest absolute Gasteiger partial charge is 0.330 e. The molecule has 1 heteroatoms. The van der Waals surface area contributed by atoms with Crippen molar-refractivity contribution in [2.45, 2.75) is 66.2 Å². The Labute approximate surface area is 90.5 Å². The summed E-state index contributed by atoms with van der Waals surface area (Å²) in [4.78, 5) is 0. The maximum atomic E-state index is 5.45. The lowest BCUT2D eigenvalue weighted by molar-refractivity contribution is 0.240. The molecule has 1 nitrogen and oxygen atoms in total. The normalized spacial score (nSPS) is 14.4. The molecule has 0 amide bonds. The van der Waals surface area contributed by atoms with Gasteiger partial charge in [0.05, 0.1) is 0 Å². The summed E-state index contributed by atoms with van der Waals surface area (Å²) in [5.74, 6) is 0.844. The molecule has 0 spiro atoms. The van der Waals surface area contributed by atoms with Crippen molar-refractivity contribution in [1.82, 2.24) is 0 Å². The molecule has 1 atom stereocenters. The van der Waals surface area contributed by atoms with E-state index < -0.39 is 0 Å². The zero-order chi connectivity index (χ0) is 11.0. The summed E-state index contributed by atoms with van der Waals surface area (Å²) >= 11 is 0. The SMILES string of the molecule is C[C@H](CCCCCCCN)C(C)(C)C. The maximum absolute atomic E-state index is 5.45. The molecule has 86 valence electrons. The van der Waals surface area contributed by atoms with Crippen molar-refractivity contribution in [2.24, 2.45) is 17.1 Å². The molecule has 0 rings (SSSR count). The van der Waals surface area contributed by atoms with E-state index in [0.717, 1.165) is 12.5 Å². The fraction of sp³-hybridized carbons (Fsp3) is 1.00. The lowest BCUT2D eigenvalue weighted by Crippen LogP contribution is -2.16. The Morgan fingerprint density at radius 2 is 1.43 bits per heavy atom. The van der Waals surface area contributed by atoms with Gasteiger partial charge in [-0.05, 0) is 24.3 Å². The zero-order valence-electron chi connectivity index (χ0n) is 10.6. The average molecular weight is 199 g/mol. The summed E-state index contributed by atoms with van der Waals surface area (Å²) in [6, 6.07) is 0. The molecule has 0 aliphatic carbocycles. The maximum Gasteiger partial charge on any atom is -0.00773 e. The highest BCUT2D eigenvalue weighted by Gasteiger charge is 2.18. The van der Waals surface area contributed by atoms with Gasteiger partial charge in [0, 0.05) is 0 Å². The van der Waals surface area contributed by atoms with Crippen LogP contribution in [-0.2, 0) is 0 Å². The smallest absolute Gasteiger partial charge is 0.00773 e. The first-order chi connectivity index (χ1) is 6.48. The van der Waals surface area contributed by atoms with Crippen LogP contribution in [0.2, 0.25) is 0 Å². The van der Waals surface area contributed by atoms with Crippen molar-refractivity contribution in [2.75, 3.05) is 6.54 Å². The molecule has 0 saturated heterocycles. The van der Waals surface area contributed by atoms with Crippen LogP contribution in [0.25, 0.3) is 0 Å². The topological polar surface area (TPSA) is 26.0 Å². The highest BCUT2D eigenvalue weighted by atomic mass is 14.5. The third-order valence-corrected chi connectivity index (χ3v) is 3.32. The minimum atomic E-state index is 0.483. The molecule has 0 aromatic rings. The Morgan fingerprint density at radius 1 is 0.929 bits per heavy atom. The number of hydrogen-bond acceptors (Lipinski definition) is 1. The van der Waals surface area contributed by atoms with E-state index >= 15 is 0 Å². The van der Waals surface area contributed by atoms with E-state index in [9.17, 15) is 0 Å². The number of unbranched alkanes of at least 4 members (excludes halogenated alkanes) is 4. The first kappa shape index (κ1) is 14.0. The van der Waals surface area contributed by atoms with Crippen molar-refractivity contribution >= 4 is 0 Å². The number of nitrogens with two attached hydrogens (primary N) is 1. The Hall–Kier alpha value is -0.0400. The van der Waals surface area contributed by atoms with E-state index in [1.807, 2.05) is 0 Å². The lowest BCUT2D eigenvalue weighted by atomic mass is 9.79. The van der Waals surface area contributed by atoms with E-state index in [-0.39, 0.29) is 0 Å². The van der Waals surface area contributed by atoms with Crippen molar-refractivity contribution in [3.05, 3.63) is 0 Å². The van der Waals surface area contributed by atoms with Gasteiger partial charge in [-0.3, -0.25) is 0 Å². The lowest BCUT2D eigenvalue weighted by Gasteiger charge is -2.27. The van der Waals surface area contributed by atoms with Crippen LogP contribution in [0.4, 0.5) is 0 Å². The summed E-state index contributed by atoms with van der Waals surface area (Å²) < 4.78 is 0. The quantitative estimate of drug-likeness (QED) is 0.617. The van der Waals surface area contributed by atoms with E-state index in [0.29, 0.717) is 5.41 Å². The summed E-state index contributed by atoms with van der Waals surface area (Å²) in [5, 5.41) is 0. The monoisotopic (exact) mass is 199 g/mol. The average Bonchev–Trinajstić information content (AvgIpc) is 2.09. The van der Waals surface area contributed by atoms with Gasteiger partial charge in [0.25, 0.3) is 0 Å². The van der Waals surface area contributed by atoms with Crippen molar-refractivity contribution in [3.8, 4) is 0 Å². The second-order valence-electron chi connectivity index (χ2n) is 5.61. The minimum absolute atomic E-state index is 0.483. The molecule has 0 bridgehead atoms. The highest BCUT2D eigenvalue weighted by molar-refractivity contribution is 4.69. The molecule has 2 N–H and O–H groups in total. The van der Waals surface area contributed by atoms with Crippen LogP contribution < -0.4 is 5.73 Å². The fourth-order valence-corrected chi connectivity index (χ4v) is 1.56. The first-order valence-electron chi connectivity index (χ1n) is 6.18. The standard InChI is InChI=1S/C13H29N/c1-12(13(2,3)4)10-8-6-5-7-9-11-14/h12H,5-11,14H2,1-4H3/t12-/m1/s1. The van der Waals surface area contributed by atoms with Crippen LogP contribution in [0.5, 0.6) is 0 Å². The predicted octanol–water partition coefficient (Wildman–Crippen LogP) is 3.97. The Morgan fingerprint density at radius 3 is 1.93 bits per heavy atom. The summed E-state index contributed by atoms with van der Waals surface area (Å²) in [5.41, 5.74) is 5.93. The molecule has 0 saturated carbocycles. The third kappa shape index (κ3) is 7.37.